The highest BCUT2D eigenvalue weighted by Gasteiger charge is 2.15. The van der Waals surface area contributed by atoms with E-state index >= 15 is 0 Å². The van der Waals surface area contributed by atoms with Crippen LogP contribution >= 0.6 is 0 Å². The molecule has 0 saturated carbocycles. The zero-order valence-electron chi connectivity index (χ0n) is 9.24. The lowest BCUT2D eigenvalue weighted by molar-refractivity contribution is 0.828. The number of pyridine rings is 2. The molecule has 2 aromatic rings. The van der Waals surface area contributed by atoms with Gasteiger partial charge in [-0.2, -0.15) is 0 Å². The van der Waals surface area contributed by atoms with Gasteiger partial charge in [-0.1, -0.05) is 12.1 Å². The summed E-state index contributed by atoms with van der Waals surface area (Å²) in [6.45, 7) is 0.795. The van der Waals surface area contributed by atoms with Crippen molar-refractivity contribution in [3.05, 3.63) is 60.6 Å². The summed E-state index contributed by atoms with van der Waals surface area (Å²) < 4.78 is 0. The van der Waals surface area contributed by atoms with Crippen molar-refractivity contribution in [1.29, 1.82) is 0 Å². The standard InChI is InChI=1S/C13H12N4/c1-3-8-14-11(5-1)12-7-10-17(16-12)13-6-2-4-9-15-13/h1-9,16H,10H2. The number of hydrogen-bond donors (Lipinski definition) is 1. The van der Waals surface area contributed by atoms with E-state index < -0.39 is 0 Å². The molecule has 17 heavy (non-hydrogen) atoms. The van der Waals surface area contributed by atoms with Gasteiger partial charge in [-0.15, -0.1) is 0 Å². The number of nitrogens with one attached hydrogen (secondary N) is 1. The first-order valence-electron chi connectivity index (χ1n) is 5.50. The lowest BCUT2D eigenvalue weighted by Gasteiger charge is -2.18. The molecule has 0 amide bonds. The van der Waals surface area contributed by atoms with Crippen molar-refractivity contribution in [2.75, 3.05) is 11.6 Å². The van der Waals surface area contributed by atoms with Crippen LogP contribution in [0.2, 0.25) is 0 Å². The van der Waals surface area contributed by atoms with E-state index in [4.69, 9.17) is 0 Å². The molecule has 1 aliphatic heterocycles. The molecular formula is C13H12N4. The normalized spacial score (nSPS) is 14.4. The Morgan fingerprint density at radius 1 is 1.00 bits per heavy atom. The highest BCUT2D eigenvalue weighted by molar-refractivity contribution is 5.66. The molecule has 0 saturated heterocycles. The second kappa shape index (κ2) is 4.25. The highest BCUT2D eigenvalue weighted by Crippen LogP contribution is 2.18. The number of hydrazine groups is 1. The predicted octanol–water partition coefficient (Wildman–Crippen LogP) is 1.84. The molecule has 0 bridgehead atoms. The number of aromatic nitrogens is 2. The molecule has 0 aromatic carbocycles. The minimum absolute atomic E-state index is 0.795. The van der Waals surface area contributed by atoms with Gasteiger partial charge in [0, 0.05) is 12.4 Å². The van der Waals surface area contributed by atoms with Crippen molar-refractivity contribution in [3.63, 3.8) is 0 Å². The van der Waals surface area contributed by atoms with Gasteiger partial charge in [0.25, 0.3) is 0 Å². The molecule has 0 fully saturated rings. The molecule has 3 heterocycles. The van der Waals surface area contributed by atoms with Gasteiger partial charge in [0.05, 0.1) is 17.9 Å². The molecule has 4 nitrogen and oxygen atoms in total. The van der Waals surface area contributed by atoms with Gasteiger partial charge in [-0.05, 0) is 30.3 Å². The molecule has 0 aliphatic carbocycles. The Balaban J connectivity index is 1.78. The van der Waals surface area contributed by atoms with Crippen molar-refractivity contribution in [3.8, 4) is 0 Å². The van der Waals surface area contributed by atoms with Crippen LogP contribution in [0.3, 0.4) is 0 Å². The van der Waals surface area contributed by atoms with Gasteiger partial charge < -0.3 is 0 Å². The largest absolute Gasteiger partial charge is 0.295 e. The summed E-state index contributed by atoms with van der Waals surface area (Å²) in [5, 5.41) is 1.99. The molecule has 0 radical (unpaired) electrons. The third-order valence-corrected chi connectivity index (χ3v) is 2.60. The van der Waals surface area contributed by atoms with E-state index in [0.29, 0.717) is 0 Å². The fraction of sp³-hybridized carbons (Fsp3) is 0.0769. The van der Waals surface area contributed by atoms with Crippen molar-refractivity contribution in [1.82, 2.24) is 15.4 Å². The lowest BCUT2D eigenvalue weighted by atomic mass is 10.3. The minimum atomic E-state index is 0.795. The Labute approximate surface area is 99.6 Å². The maximum Gasteiger partial charge on any atom is 0.147 e. The van der Waals surface area contributed by atoms with Crippen LogP contribution in [0.4, 0.5) is 5.82 Å². The number of rotatable bonds is 2. The van der Waals surface area contributed by atoms with Crippen LogP contribution in [0, 0.1) is 0 Å². The van der Waals surface area contributed by atoms with Crippen molar-refractivity contribution in [2.45, 2.75) is 0 Å². The van der Waals surface area contributed by atoms with Crippen LogP contribution in [0.5, 0.6) is 0 Å². The number of hydrogen-bond acceptors (Lipinski definition) is 4. The summed E-state index contributed by atoms with van der Waals surface area (Å²) in [7, 11) is 0. The Bertz CT molecular complexity index is 522. The molecule has 3 rings (SSSR count). The average Bonchev–Trinajstić information content (AvgIpc) is 2.90. The van der Waals surface area contributed by atoms with E-state index in [2.05, 4.69) is 21.5 Å². The SMILES string of the molecule is C1=C(c2ccccn2)NN(c2ccccn2)C1. The maximum atomic E-state index is 4.31. The van der Waals surface area contributed by atoms with Gasteiger partial charge in [0.15, 0.2) is 0 Å². The smallest absolute Gasteiger partial charge is 0.147 e. The predicted molar refractivity (Wildman–Crippen MR) is 66.9 cm³/mol. The van der Waals surface area contributed by atoms with E-state index in [0.717, 1.165) is 23.8 Å². The molecule has 0 spiro atoms. The first-order valence-corrected chi connectivity index (χ1v) is 5.50. The van der Waals surface area contributed by atoms with Gasteiger partial charge in [-0.3, -0.25) is 15.4 Å². The van der Waals surface area contributed by atoms with Crippen LogP contribution in [0.15, 0.2) is 54.9 Å². The Hall–Kier alpha value is -2.36. The zero-order valence-corrected chi connectivity index (χ0v) is 9.24. The Kier molecular flexibility index (Phi) is 2.46. The van der Waals surface area contributed by atoms with E-state index in [-0.39, 0.29) is 0 Å². The van der Waals surface area contributed by atoms with E-state index in [1.54, 1.807) is 12.4 Å². The topological polar surface area (TPSA) is 41.1 Å². The average molecular weight is 224 g/mol. The van der Waals surface area contributed by atoms with E-state index in [1.807, 2.05) is 41.4 Å². The second-order valence-electron chi connectivity index (χ2n) is 3.74. The van der Waals surface area contributed by atoms with E-state index in [1.165, 1.54) is 0 Å². The highest BCUT2D eigenvalue weighted by atomic mass is 15.5. The molecule has 2 aromatic heterocycles. The van der Waals surface area contributed by atoms with Gasteiger partial charge in [-0.25, -0.2) is 4.98 Å². The van der Waals surface area contributed by atoms with Crippen molar-refractivity contribution in [2.24, 2.45) is 0 Å². The molecule has 1 N–H and O–H groups in total. The number of nitrogens with zero attached hydrogens (tertiary/aromatic N) is 3. The van der Waals surface area contributed by atoms with Crippen LogP contribution in [-0.4, -0.2) is 16.5 Å². The summed E-state index contributed by atoms with van der Waals surface area (Å²) in [6, 6.07) is 11.7. The second-order valence-corrected chi connectivity index (χ2v) is 3.74. The van der Waals surface area contributed by atoms with Crippen LogP contribution in [0.25, 0.3) is 5.70 Å². The first kappa shape index (κ1) is 9.84. The molecule has 4 heteroatoms. The third-order valence-electron chi connectivity index (χ3n) is 2.60. The van der Waals surface area contributed by atoms with Crippen LogP contribution in [0.1, 0.15) is 5.69 Å². The summed E-state index contributed by atoms with van der Waals surface area (Å²) in [5.74, 6) is 0.912. The molecule has 84 valence electrons. The maximum absolute atomic E-state index is 4.31. The van der Waals surface area contributed by atoms with Crippen molar-refractivity contribution >= 4 is 11.5 Å². The fourth-order valence-electron chi connectivity index (χ4n) is 1.77. The van der Waals surface area contributed by atoms with Gasteiger partial charge in [0.2, 0.25) is 0 Å². The quantitative estimate of drug-likeness (QED) is 0.845. The van der Waals surface area contributed by atoms with Crippen LogP contribution < -0.4 is 10.4 Å². The molecular weight excluding hydrogens is 212 g/mol. The molecule has 0 atom stereocenters. The van der Waals surface area contributed by atoms with Gasteiger partial charge in [0.1, 0.15) is 5.82 Å². The van der Waals surface area contributed by atoms with Crippen LogP contribution in [-0.2, 0) is 0 Å². The number of anilines is 1. The summed E-state index contributed by atoms with van der Waals surface area (Å²) in [4.78, 5) is 8.61. The molecule has 0 unspecified atom stereocenters. The first-order chi connectivity index (χ1) is 8.43. The van der Waals surface area contributed by atoms with Gasteiger partial charge >= 0.3 is 0 Å². The molecule has 1 aliphatic rings. The summed E-state index contributed by atoms with van der Waals surface area (Å²) >= 11 is 0. The minimum Gasteiger partial charge on any atom is -0.295 e. The summed E-state index contributed by atoms with van der Waals surface area (Å²) in [5.41, 5.74) is 5.27. The van der Waals surface area contributed by atoms with E-state index in [9.17, 15) is 0 Å². The third kappa shape index (κ3) is 1.97. The Morgan fingerprint density at radius 3 is 2.53 bits per heavy atom. The lowest BCUT2D eigenvalue weighted by Crippen LogP contribution is -2.32. The Morgan fingerprint density at radius 2 is 1.82 bits per heavy atom. The van der Waals surface area contributed by atoms with Crippen molar-refractivity contribution < 1.29 is 0 Å². The summed E-state index contributed by atoms with van der Waals surface area (Å²) in [6.07, 6.45) is 5.69. The monoisotopic (exact) mass is 224 g/mol. The zero-order chi connectivity index (χ0) is 11.5. The fourth-order valence-corrected chi connectivity index (χ4v) is 1.77.